The molecule has 1 aromatic heterocycles. The molecule has 1 aliphatic heterocycles. The Bertz CT molecular complexity index is 1020. The summed E-state index contributed by atoms with van der Waals surface area (Å²) in [5.74, 6) is 1.09. The zero-order valence-electron chi connectivity index (χ0n) is 16.9. The fraction of sp³-hybridized carbons (Fsp3) is 0.409. The van der Waals surface area contributed by atoms with Gasteiger partial charge in [0.1, 0.15) is 16.8 Å². The molecule has 2 aromatic carbocycles. The van der Waals surface area contributed by atoms with Gasteiger partial charge in [-0.1, -0.05) is 17.7 Å². The van der Waals surface area contributed by atoms with E-state index in [0.29, 0.717) is 28.8 Å². The average molecular weight is 429 g/mol. The number of fused-ring (bicyclic) bond motifs is 1. The number of carbonyl (C=O) groups excluding carboxylic acids is 1. The van der Waals surface area contributed by atoms with E-state index in [0.717, 1.165) is 49.9 Å². The van der Waals surface area contributed by atoms with Gasteiger partial charge in [0.15, 0.2) is 0 Å². The number of nitrogens with one attached hydrogen (secondary N) is 1. The third-order valence-electron chi connectivity index (χ3n) is 5.54. The quantitative estimate of drug-likeness (QED) is 0.596. The van der Waals surface area contributed by atoms with E-state index in [4.69, 9.17) is 21.0 Å². The number of amides is 1. The fourth-order valence-electron chi connectivity index (χ4n) is 4.04. The third kappa shape index (κ3) is 5.09. The van der Waals surface area contributed by atoms with Crippen LogP contribution in [0.15, 0.2) is 41.0 Å². The Morgan fingerprint density at radius 2 is 2.13 bits per heavy atom. The van der Waals surface area contributed by atoms with Gasteiger partial charge in [-0.05, 0) is 77.9 Å². The van der Waals surface area contributed by atoms with E-state index in [9.17, 15) is 4.79 Å². The number of hydrogen-bond acceptors (Lipinski definition) is 6. The van der Waals surface area contributed by atoms with Gasteiger partial charge in [-0.2, -0.15) is 0 Å². The number of methoxy groups -OCH3 is 1. The molecule has 8 heteroatoms. The molecular weight excluding hydrogens is 404 g/mol. The summed E-state index contributed by atoms with van der Waals surface area (Å²) in [6, 6.07) is 11.2. The Hall–Kier alpha value is -2.64. The number of nitrogens with zero attached hydrogens (tertiary/aromatic N) is 3. The van der Waals surface area contributed by atoms with Crippen LogP contribution in [0, 0.1) is 5.92 Å². The number of aromatic nitrogens is 2. The van der Waals surface area contributed by atoms with Gasteiger partial charge in [0.05, 0.1) is 12.8 Å². The first-order valence-electron chi connectivity index (χ1n) is 10.2. The number of halogens is 1. The molecule has 0 saturated carbocycles. The Morgan fingerprint density at radius 1 is 1.27 bits per heavy atom. The third-order valence-corrected chi connectivity index (χ3v) is 5.78. The lowest BCUT2D eigenvalue weighted by Crippen LogP contribution is -2.35. The topological polar surface area (TPSA) is 80.5 Å². The van der Waals surface area contributed by atoms with Crippen molar-refractivity contribution >= 4 is 34.2 Å². The maximum atomic E-state index is 12.5. The smallest absolute Gasteiger partial charge is 0.224 e. The maximum absolute atomic E-state index is 12.5. The lowest BCUT2D eigenvalue weighted by Gasteiger charge is -2.32. The molecule has 4 rings (SSSR count). The van der Waals surface area contributed by atoms with Crippen LogP contribution in [0.3, 0.4) is 0 Å². The van der Waals surface area contributed by atoms with Crippen LogP contribution in [0.5, 0.6) is 5.75 Å². The first kappa shape index (κ1) is 20.6. The van der Waals surface area contributed by atoms with Gasteiger partial charge in [-0.25, -0.2) is 4.63 Å². The molecular formula is C22H25ClN4O3. The zero-order valence-corrected chi connectivity index (χ0v) is 17.7. The van der Waals surface area contributed by atoms with Gasteiger partial charge in [-0.3, -0.25) is 9.69 Å². The molecule has 0 bridgehead atoms. The summed E-state index contributed by atoms with van der Waals surface area (Å²) < 4.78 is 10.1. The number of hydrogen-bond donors (Lipinski definition) is 1. The highest BCUT2D eigenvalue weighted by atomic mass is 35.5. The Labute approximate surface area is 180 Å². The number of likely N-dealkylation sites (tertiary alicyclic amines) is 1. The Morgan fingerprint density at radius 3 is 3.00 bits per heavy atom. The summed E-state index contributed by atoms with van der Waals surface area (Å²) in [6.07, 6.45) is 3.63. The molecule has 1 atom stereocenters. The minimum absolute atomic E-state index is 0.0170. The second-order valence-corrected chi connectivity index (χ2v) is 8.20. The molecule has 3 aromatic rings. The van der Waals surface area contributed by atoms with Gasteiger partial charge in [0, 0.05) is 24.5 Å². The summed E-state index contributed by atoms with van der Waals surface area (Å²) in [5.41, 5.74) is 3.37. The van der Waals surface area contributed by atoms with Crippen molar-refractivity contribution in [3.05, 3.63) is 47.0 Å². The van der Waals surface area contributed by atoms with Crippen molar-refractivity contribution in [2.24, 2.45) is 5.92 Å². The highest BCUT2D eigenvalue weighted by Crippen LogP contribution is 2.28. The molecule has 158 valence electrons. The van der Waals surface area contributed by atoms with Crippen molar-refractivity contribution in [3.8, 4) is 5.75 Å². The van der Waals surface area contributed by atoms with E-state index >= 15 is 0 Å². The Kier molecular flexibility index (Phi) is 6.50. The second kappa shape index (κ2) is 9.45. The van der Waals surface area contributed by atoms with E-state index in [1.807, 2.05) is 12.1 Å². The van der Waals surface area contributed by atoms with Crippen LogP contribution >= 0.6 is 11.6 Å². The van der Waals surface area contributed by atoms with Gasteiger partial charge in [0.25, 0.3) is 0 Å². The van der Waals surface area contributed by atoms with Crippen LogP contribution < -0.4 is 10.1 Å². The highest BCUT2D eigenvalue weighted by molar-refractivity contribution is 6.31. The summed E-state index contributed by atoms with van der Waals surface area (Å²) in [4.78, 5) is 14.9. The predicted molar refractivity (Wildman–Crippen MR) is 116 cm³/mol. The minimum Gasteiger partial charge on any atom is -0.495 e. The largest absolute Gasteiger partial charge is 0.495 e. The Balaban J connectivity index is 1.28. The SMILES string of the molecule is COc1ccc(Cl)cc1NC(=O)CC[C@@H]1CCCN(Cc2ccc3nonc3c2)C1. The van der Waals surface area contributed by atoms with Crippen LogP contribution in [0.1, 0.15) is 31.2 Å². The molecule has 1 aliphatic rings. The van der Waals surface area contributed by atoms with E-state index < -0.39 is 0 Å². The van der Waals surface area contributed by atoms with Crippen molar-refractivity contribution in [3.63, 3.8) is 0 Å². The van der Waals surface area contributed by atoms with Crippen LogP contribution in [0.2, 0.25) is 5.02 Å². The zero-order chi connectivity index (χ0) is 20.9. The number of benzene rings is 2. The fourth-order valence-corrected chi connectivity index (χ4v) is 4.21. The summed E-state index contributed by atoms with van der Waals surface area (Å²) >= 11 is 6.04. The second-order valence-electron chi connectivity index (χ2n) is 7.76. The van der Waals surface area contributed by atoms with E-state index in [1.54, 1.807) is 25.3 Å². The number of ether oxygens (including phenoxy) is 1. The van der Waals surface area contributed by atoms with Crippen molar-refractivity contribution in [1.82, 2.24) is 15.2 Å². The van der Waals surface area contributed by atoms with E-state index in [1.165, 1.54) is 5.56 Å². The molecule has 1 fully saturated rings. The average Bonchev–Trinajstić information content (AvgIpc) is 3.21. The number of anilines is 1. The van der Waals surface area contributed by atoms with E-state index in [2.05, 4.69) is 26.6 Å². The molecule has 1 saturated heterocycles. The lowest BCUT2D eigenvalue weighted by molar-refractivity contribution is -0.116. The molecule has 1 amide bonds. The first-order valence-corrected chi connectivity index (χ1v) is 10.6. The monoisotopic (exact) mass is 428 g/mol. The predicted octanol–water partition coefficient (Wildman–Crippen LogP) is 4.52. The van der Waals surface area contributed by atoms with Gasteiger partial charge in [0.2, 0.25) is 5.91 Å². The number of rotatable bonds is 7. The van der Waals surface area contributed by atoms with Crippen molar-refractivity contribution in [2.75, 3.05) is 25.5 Å². The molecule has 0 aliphatic carbocycles. The van der Waals surface area contributed by atoms with Crippen LogP contribution in [-0.4, -0.2) is 41.3 Å². The van der Waals surface area contributed by atoms with Crippen LogP contribution in [0.25, 0.3) is 11.0 Å². The first-order chi connectivity index (χ1) is 14.6. The van der Waals surface area contributed by atoms with Crippen LogP contribution in [0.4, 0.5) is 5.69 Å². The summed E-state index contributed by atoms with van der Waals surface area (Å²) in [6.45, 7) is 2.92. The highest BCUT2D eigenvalue weighted by Gasteiger charge is 2.21. The van der Waals surface area contributed by atoms with Crippen molar-refractivity contribution in [2.45, 2.75) is 32.2 Å². The summed E-state index contributed by atoms with van der Waals surface area (Å²) in [7, 11) is 1.58. The maximum Gasteiger partial charge on any atom is 0.224 e. The van der Waals surface area contributed by atoms with E-state index in [-0.39, 0.29) is 5.91 Å². The molecule has 7 nitrogen and oxygen atoms in total. The molecule has 0 radical (unpaired) electrons. The molecule has 1 N–H and O–H groups in total. The summed E-state index contributed by atoms with van der Waals surface area (Å²) in [5, 5.41) is 11.3. The molecule has 0 spiro atoms. The molecule has 2 heterocycles. The van der Waals surface area contributed by atoms with Crippen LogP contribution in [-0.2, 0) is 11.3 Å². The van der Waals surface area contributed by atoms with Crippen molar-refractivity contribution < 1.29 is 14.2 Å². The number of piperidine rings is 1. The number of carbonyl (C=O) groups is 1. The standard InChI is InChI=1S/C22H25ClN4O3/c1-29-21-8-6-17(23)12-20(21)24-22(28)9-5-15-3-2-10-27(13-15)14-16-4-7-18-19(11-16)26-30-25-18/h4,6-8,11-12,15H,2-3,5,9-10,13-14H2,1H3,(H,24,28)/t15-/m0/s1. The minimum atomic E-state index is -0.0170. The molecule has 30 heavy (non-hydrogen) atoms. The van der Waals surface area contributed by atoms with Gasteiger partial charge in [-0.15, -0.1) is 0 Å². The normalized spacial score (nSPS) is 17.2. The molecule has 0 unspecified atom stereocenters. The van der Waals surface area contributed by atoms with Crippen molar-refractivity contribution in [1.29, 1.82) is 0 Å². The van der Waals surface area contributed by atoms with Gasteiger partial charge >= 0.3 is 0 Å². The lowest BCUT2D eigenvalue weighted by atomic mass is 9.93. The van der Waals surface area contributed by atoms with Gasteiger partial charge < -0.3 is 10.1 Å².